The average Bonchev–Trinajstić information content (AvgIpc) is 3.22. The van der Waals surface area contributed by atoms with Gasteiger partial charge in [0.15, 0.2) is 0 Å². The molecule has 2 N–H and O–H groups in total. The summed E-state index contributed by atoms with van der Waals surface area (Å²) in [5, 5.41) is 15.1. The summed E-state index contributed by atoms with van der Waals surface area (Å²) in [6, 6.07) is 10.3. The Kier molecular flexibility index (Phi) is 3.67. The molecule has 7 heteroatoms. The lowest BCUT2D eigenvalue weighted by atomic mass is 9.95. The molecule has 0 amide bonds. The molecule has 0 fully saturated rings. The maximum absolute atomic E-state index is 13.5. The molecular weight excluding hydrogens is 347 g/mol. The van der Waals surface area contributed by atoms with E-state index in [1.807, 2.05) is 24.4 Å². The second kappa shape index (κ2) is 6.19. The monoisotopic (exact) mass is 364 g/mol. The Balaban J connectivity index is 1.49. The van der Waals surface area contributed by atoms with Gasteiger partial charge in [-0.05, 0) is 47.9 Å². The highest BCUT2D eigenvalue weighted by Crippen LogP contribution is 2.34. The quantitative estimate of drug-likeness (QED) is 0.731. The third-order valence-corrected chi connectivity index (χ3v) is 5.10. The predicted octanol–water partition coefficient (Wildman–Crippen LogP) is 2.87. The fourth-order valence-electron chi connectivity index (χ4n) is 3.64. The van der Waals surface area contributed by atoms with Gasteiger partial charge >= 0.3 is 0 Å². The van der Waals surface area contributed by atoms with Crippen molar-refractivity contribution in [3.8, 4) is 11.6 Å². The molecule has 5 rings (SSSR count). The van der Waals surface area contributed by atoms with Gasteiger partial charge < -0.3 is 15.3 Å². The van der Waals surface area contributed by atoms with E-state index in [2.05, 4.69) is 20.5 Å². The number of hydrogen-bond acceptors (Lipinski definition) is 6. The molecule has 1 aromatic heterocycles. The average molecular weight is 364 g/mol. The van der Waals surface area contributed by atoms with E-state index >= 15 is 0 Å². The van der Waals surface area contributed by atoms with Crippen molar-refractivity contribution in [1.82, 2.24) is 15.4 Å². The van der Waals surface area contributed by atoms with Crippen LogP contribution in [0.2, 0.25) is 0 Å². The second-order valence-corrected chi connectivity index (χ2v) is 6.89. The van der Waals surface area contributed by atoms with E-state index in [-0.39, 0.29) is 23.5 Å². The van der Waals surface area contributed by atoms with E-state index in [1.54, 1.807) is 6.07 Å². The van der Waals surface area contributed by atoms with E-state index in [0.717, 1.165) is 17.7 Å². The number of hydrogen-bond donors (Lipinski definition) is 2. The minimum Gasteiger partial charge on any atom is -0.493 e. The molecule has 2 aromatic carbocycles. The molecule has 0 radical (unpaired) electrons. The molecule has 0 spiro atoms. The Morgan fingerprint density at radius 3 is 2.93 bits per heavy atom. The van der Waals surface area contributed by atoms with Gasteiger partial charge in [0.05, 0.1) is 23.4 Å². The molecule has 2 aliphatic heterocycles. The first kappa shape index (κ1) is 16.0. The van der Waals surface area contributed by atoms with Gasteiger partial charge in [-0.3, -0.25) is 0 Å². The van der Waals surface area contributed by atoms with E-state index < -0.39 is 0 Å². The number of hydrazone groups is 1. The zero-order chi connectivity index (χ0) is 18.4. The predicted molar refractivity (Wildman–Crippen MR) is 98.8 cm³/mol. The van der Waals surface area contributed by atoms with Crippen LogP contribution in [0.1, 0.15) is 28.8 Å². The van der Waals surface area contributed by atoms with Crippen molar-refractivity contribution in [2.24, 2.45) is 5.10 Å². The van der Waals surface area contributed by atoms with Gasteiger partial charge in [-0.1, -0.05) is 6.07 Å². The van der Waals surface area contributed by atoms with Gasteiger partial charge in [0, 0.05) is 18.7 Å². The molecule has 2 unspecified atom stereocenters. The van der Waals surface area contributed by atoms with Crippen molar-refractivity contribution in [3.63, 3.8) is 0 Å². The van der Waals surface area contributed by atoms with Crippen LogP contribution in [0, 0.1) is 5.82 Å². The summed E-state index contributed by atoms with van der Waals surface area (Å²) in [6.07, 6.45) is 2.42. The van der Waals surface area contributed by atoms with E-state index in [1.165, 1.54) is 12.1 Å². The molecule has 2 atom stereocenters. The van der Waals surface area contributed by atoms with E-state index in [0.29, 0.717) is 35.5 Å². The third kappa shape index (κ3) is 2.85. The summed E-state index contributed by atoms with van der Waals surface area (Å²) in [7, 11) is 0. The topological polar surface area (TPSA) is 79.6 Å². The van der Waals surface area contributed by atoms with Gasteiger partial charge in [-0.2, -0.15) is 10.1 Å². The Bertz CT molecular complexity index is 1070. The van der Waals surface area contributed by atoms with Crippen molar-refractivity contribution < 1.29 is 14.2 Å². The van der Waals surface area contributed by atoms with Crippen LogP contribution >= 0.6 is 0 Å². The van der Waals surface area contributed by atoms with Gasteiger partial charge in [0.25, 0.3) is 0 Å². The molecule has 27 heavy (non-hydrogen) atoms. The smallest absolute Gasteiger partial charge is 0.222 e. The van der Waals surface area contributed by atoms with Crippen LogP contribution in [0.4, 0.5) is 4.39 Å². The number of nitrogens with zero attached hydrogens (tertiary/aromatic N) is 3. The first-order valence-electron chi connectivity index (χ1n) is 8.85. The molecule has 136 valence electrons. The van der Waals surface area contributed by atoms with Crippen molar-refractivity contribution in [3.05, 3.63) is 59.2 Å². The Morgan fingerprint density at radius 2 is 2.07 bits per heavy atom. The second-order valence-electron chi connectivity index (χ2n) is 6.89. The number of benzene rings is 2. The van der Waals surface area contributed by atoms with Gasteiger partial charge in [0.1, 0.15) is 17.4 Å². The summed E-state index contributed by atoms with van der Waals surface area (Å²) in [5.74, 6) is 0.885. The summed E-state index contributed by atoms with van der Waals surface area (Å²) >= 11 is 0. The largest absolute Gasteiger partial charge is 0.493 e. The fourth-order valence-corrected chi connectivity index (χ4v) is 3.64. The highest BCUT2D eigenvalue weighted by atomic mass is 19.1. The maximum Gasteiger partial charge on any atom is 0.222 e. The molecule has 3 aromatic rings. The SMILES string of the molecule is Oc1nc(C2COc3ccc(F)cc3C2)nc2ccc(C3C=NNC3)cc12. The van der Waals surface area contributed by atoms with Crippen LogP contribution in [0.5, 0.6) is 11.6 Å². The van der Waals surface area contributed by atoms with Crippen LogP contribution in [-0.2, 0) is 6.42 Å². The van der Waals surface area contributed by atoms with Gasteiger partial charge in [-0.15, -0.1) is 0 Å². The third-order valence-electron chi connectivity index (χ3n) is 5.10. The number of aromatic nitrogens is 2. The summed E-state index contributed by atoms with van der Waals surface area (Å²) in [6.45, 7) is 1.13. The number of aromatic hydroxyl groups is 1. The number of fused-ring (bicyclic) bond motifs is 2. The highest BCUT2D eigenvalue weighted by molar-refractivity contribution is 5.85. The Labute approximate surface area is 154 Å². The number of nitrogens with one attached hydrogen (secondary N) is 1. The molecular formula is C20H17FN4O2. The van der Waals surface area contributed by atoms with Crippen molar-refractivity contribution in [1.29, 1.82) is 0 Å². The molecule has 0 saturated carbocycles. The normalized spacial score (nSPS) is 20.9. The summed E-state index contributed by atoms with van der Waals surface area (Å²) < 4.78 is 19.3. The Hall–Kier alpha value is -3.22. The van der Waals surface area contributed by atoms with Crippen molar-refractivity contribution >= 4 is 17.1 Å². The maximum atomic E-state index is 13.5. The summed E-state index contributed by atoms with van der Waals surface area (Å²) in [5.41, 5.74) is 5.45. The minimum absolute atomic E-state index is 0.0511. The van der Waals surface area contributed by atoms with Crippen LogP contribution in [0.3, 0.4) is 0 Å². The molecule has 6 nitrogen and oxygen atoms in total. The number of halogens is 1. The fraction of sp³-hybridized carbons (Fsp3) is 0.250. The molecule has 0 aliphatic carbocycles. The standard InChI is InChI=1S/C20H17FN4O2/c21-15-2-4-18-12(6-15)5-13(10-27-18)19-24-17-3-1-11(14-8-22-23-9-14)7-16(17)20(26)25-19/h1-4,6-8,13-14,23H,5,9-10H2,(H,24,25,26). The van der Waals surface area contributed by atoms with Crippen LogP contribution < -0.4 is 10.2 Å². The van der Waals surface area contributed by atoms with Gasteiger partial charge in [0.2, 0.25) is 5.88 Å². The van der Waals surface area contributed by atoms with Crippen molar-refractivity contribution in [2.75, 3.05) is 13.2 Å². The molecule has 0 bridgehead atoms. The first-order valence-corrected chi connectivity index (χ1v) is 8.85. The van der Waals surface area contributed by atoms with E-state index in [9.17, 15) is 9.50 Å². The number of rotatable bonds is 2. The van der Waals surface area contributed by atoms with Crippen LogP contribution in [0.25, 0.3) is 10.9 Å². The van der Waals surface area contributed by atoms with Gasteiger partial charge in [-0.25, -0.2) is 9.37 Å². The molecule has 3 heterocycles. The van der Waals surface area contributed by atoms with E-state index in [4.69, 9.17) is 4.74 Å². The lowest BCUT2D eigenvalue weighted by Gasteiger charge is -2.24. The number of ether oxygens (including phenoxy) is 1. The van der Waals surface area contributed by atoms with Crippen molar-refractivity contribution in [2.45, 2.75) is 18.3 Å². The first-order chi connectivity index (χ1) is 13.2. The molecule has 2 aliphatic rings. The minimum atomic E-state index is -0.294. The zero-order valence-corrected chi connectivity index (χ0v) is 14.4. The lowest BCUT2D eigenvalue weighted by Crippen LogP contribution is -2.21. The highest BCUT2D eigenvalue weighted by Gasteiger charge is 2.25. The van der Waals surface area contributed by atoms with Crippen LogP contribution in [0.15, 0.2) is 41.5 Å². The van der Waals surface area contributed by atoms with Crippen LogP contribution in [-0.4, -0.2) is 34.4 Å². The summed E-state index contributed by atoms with van der Waals surface area (Å²) in [4.78, 5) is 8.94. The molecule has 0 saturated heterocycles. The lowest BCUT2D eigenvalue weighted by molar-refractivity contribution is 0.256. The Morgan fingerprint density at radius 1 is 1.15 bits per heavy atom. The zero-order valence-electron chi connectivity index (χ0n) is 14.4.